The molecule has 2 bridgehead atoms. The second-order valence-corrected chi connectivity index (χ2v) is 7.47. The Kier molecular flexibility index (Phi) is 2.95. The van der Waals surface area contributed by atoms with E-state index in [1.54, 1.807) is 7.11 Å². The summed E-state index contributed by atoms with van der Waals surface area (Å²) >= 11 is 0. The van der Waals surface area contributed by atoms with Crippen molar-refractivity contribution in [1.82, 2.24) is 4.90 Å². The number of benzene rings is 1. The van der Waals surface area contributed by atoms with Crippen LogP contribution in [-0.2, 0) is 21.4 Å². The number of carbonyl (C=O) groups is 2. The number of carbonyl (C=O) groups excluding carboxylic acids is 2. The van der Waals surface area contributed by atoms with Crippen LogP contribution in [0.4, 0.5) is 4.79 Å². The van der Waals surface area contributed by atoms with Crippen LogP contribution in [0.1, 0.15) is 30.4 Å². The summed E-state index contributed by atoms with van der Waals surface area (Å²) in [6.07, 6.45) is 2.09. The summed E-state index contributed by atoms with van der Waals surface area (Å²) in [4.78, 5) is 26.9. The average molecular weight is 343 g/mol. The van der Waals surface area contributed by atoms with Crippen LogP contribution in [0.5, 0.6) is 11.5 Å². The van der Waals surface area contributed by atoms with Crippen LogP contribution in [0.3, 0.4) is 0 Å². The van der Waals surface area contributed by atoms with Gasteiger partial charge in [-0.2, -0.15) is 0 Å². The molecule has 0 unspecified atom stereocenters. The van der Waals surface area contributed by atoms with E-state index in [1.807, 2.05) is 11.0 Å². The van der Waals surface area contributed by atoms with E-state index < -0.39 is 6.10 Å². The smallest absolute Gasteiger partial charge is 0.409 e. The Hall–Kier alpha value is -2.24. The highest BCUT2D eigenvalue weighted by Crippen LogP contribution is 2.63. The minimum Gasteiger partial charge on any atom is -0.493 e. The number of amides is 1. The van der Waals surface area contributed by atoms with E-state index in [0.29, 0.717) is 18.7 Å². The van der Waals surface area contributed by atoms with Crippen molar-refractivity contribution in [2.24, 2.45) is 5.92 Å². The summed E-state index contributed by atoms with van der Waals surface area (Å²) < 4.78 is 16.7. The van der Waals surface area contributed by atoms with Gasteiger partial charge in [0.25, 0.3) is 0 Å². The maximum Gasteiger partial charge on any atom is 0.409 e. The molecule has 2 aliphatic heterocycles. The monoisotopic (exact) mass is 343 g/mol. The second-order valence-electron chi connectivity index (χ2n) is 7.47. The fraction of sp³-hybridized carbons (Fsp3) is 0.579. The van der Waals surface area contributed by atoms with E-state index in [-0.39, 0.29) is 29.3 Å². The fourth-order valence-corrected chi connectivity index (χ4v) is 5.82. The molecule has 4 atom stereocenters. The van der Waals surface area contributed by atoms with Gasteiger partial charge in [0, 0.05) is 24.6 Å². The van der Waals surface area contributed by atoms with E-state index in [0.717, 1.165) is 30.6 Å². The number of likely N-dealkylation sites (tertiary alicyclic amines) is 1. The predicted molar refractivity (Wildman–Crippen MR) is 88.0 cm³/mol. The van der Waals surface area contributed by atoms with Crippen molar-refractivity contribution < 1.29 is 23.8 Å². The van der Waals surface area contributed by atoms with Crippen molar-refractivity contribution in [1.29, 1.82) is 0 Å². The van der Waals surface area contributed by atoms with Gasteiger partial charge in [0.15, 0.2) is 23.4 Å². The second kappa shape index (κ2) is 4.90. The fourth-order valence-electron chi connectivity index (χ4n) is 5.82. The number of piperidine rings is 1. The lowest BCUT2D eigenvalue weighted by Gasteiger charge is -2.57. The third-order valence-electron chi connectivity index (χ3n) is 6.72. The van der Waals surface area contributed by atoms with Gasteiger partial charge in [0.2, 0.25) is 0 Å². The first-order valence-electron chi connectivity index (χ1n) is 8.86. The first kappa shape index (κ1) is 15.0. The lowest BCUT2D eigenvalue weighted by molar-refractivity contribution is -0.137. The summed E-state index contributed by atoms with van der Waals surface area (Å²) in [7, 11) is 3.06. The summed E-state index contributed by atoms with van der Waals surface area (Å²) in [6.45, 7) is 0.594. The number of Topliss-reactive ketones (excluding diaryl/α,β-unsaturated/α-hetero) is 1. The predicted octanol–water partition coefficient (Wildman–Crippen LogP) is 2.07. The molecule has 1 saturated carbocycles. The molecule has 6 heteroatoms. The molecule has 2 heterocycles. The lowest BCUT2D eigenvalue weighted by atomic mass is 9.51. The van der Waals surface area contributed by atoms with Crippen molar-refractivity contribution in [3.8, 4) is 11.5 Å². The molecule has 2 aliphatic carbocycles. The first-order valence-corrected chi connectivity index (χ1v) is 8.86. The van der Waals surface area contributed by atoms with Crippen molar-refractivity contribution in [2.45, 2.75) is 43.2 Å². The Morgan fingerprint density at radius 3 is 2.96 bits per heavy atom. The van der Waals surface area contributed by atoms with E-state index in [9.17, 15) is 9.59 Å². The van der Waals surface area contributed by atoms with Crippen LogP contribution in [0.2, 0.25) is 0 Å². The van der Waals surface area contributed by atoms with Gasteiger partial charge in [-0.3, -0.25) is 4.79 Å². The highest BCUT2D eigenvalue weighted by atomic mass is 16.5. The standard InChI is InChI=1S/C19H21NO5/c1-23-14-6-3-10-9-12-11-4-5-13(21)17-19(11,15(10)16(14)25-17)7-8-20(12)18(22)24-2/h3,6,11-12,17H,4-5,7-9H2,1-2H3/t11-,12+,17-,19-/m0/s1. The van der Waals surface area contributed by atoms with E-state index in [2.05, 4.69) is 6.07 Å². The van der Waals surface area contributed by atoms with Crippen LogP contribution < -0.4 is 9.47 Å². The van der Waals surface area contributed by atoms with Crippen LogP contribution in [-0.4, -0.2) is 49.7 Å². The summed E-state index contributed by atoms with van der Waals surface area (Å²) in [6, 6.07) is 4.03. The number of hydrogen-bond acceptors (Lipinski definition) is 5. The molecule has 132 valence electrons. The Morgan fingerprint density at radius 1 is 1.36 bits per heavy atom. The molecule has 1 aromatic rings. The molecule has 4 aliphatic rings. The van der Waals surface area contributed by atoms with Crippen molar-refractivity contribution >= 4 is 11.9 Å². The Labute approximate surface area is 146 Å². The van der Waals surface area contributed by atoms with E-state index in [1.165, 1.54) is 12.7 Å². The van der Waals surface area contributed by atoms with Gasteiger partial charge >= 0.3 is 6.09 Å². The third-order valence-corrected chi connectivity index (χ3v) is 6.72. The van der Waals surface area contributed by atoms with Gasteiger partial charge in [-0.05, 0) is 36.8 Å². The minimum absolute atomic E-state index is 0.0623. The SMILES string of the molecule is COC(=O)N1CC[C@]23c4c5ccc(OC)c4O[C@H]2C(=O)CC[C@H]3[C@H]1C5. The topological polar surface area (TPSA) is 65.1 Å². The number of nitrogens with zero attached hydrogens (tertiary/aromatic N) is 1. The highest BCUT2D eigenvalue weighted by molar-refractivity contribution is 5.89. The zero-order chi connectivity index (χ0) is 17.3. The quantitative estimate of drug-likeness (QED) is 0.781. The zero-order valence-corrected chi connectivity index (χ0v) is 14.4. The molecule has 2 fully saturated rings. The van der Waals surface area contributed by atoms with E-state index >= 15 is 0 Å². The van der Waals surface area contributed by atoms with Crippen molar-refractivity contribution in [2.75, 3.05) is 20.8 Å². The van der Waals surface area contributed by atoms with Gasteiger partial charge in [-0.15, -0.1) is 0 Å². The number of methoxy groups -OCH3 is 2. The molecule has 5 rings (SSSR count). The molecule has 0 radical (unpaired) electrons. The minimum atomic E-state index is -0.445. The van der Waals surface area contributed by atoms with Crippen LogP contribution in [0.25, 0.3) is 0 Å². The maximum absolute atomic E-state index is 12.7. The molecule has 0 N–H and O–H groups in total. The van der Waals surface area contributed by atoms with Gasteiger partial charge in [0.05, 0.1) is 19.6 Å². The van der Waals surface area contributed by atoms with Crippen molar-refractivity contribution in [3.63, 3.8) is 0 Å². The molecular weight excluding hydrogens is 322 g/mol. The number of ether oxygens (including phenoxy) is 3. The molecule has 1 amide bonds. The average Bonchev–Trinajstić information content (AvgIpc) is 2.97. The van der Waals surface area contributed by atoms with Crippen molar-refractivity contribution in [3.05, 3.63) is 23.3 Å². The van der Waals surface area contributed by atoms with Gasteiger partial charge in [-0.1, -0.05) is 6.07 Å². The molecule has 0 aromatic heterocycles. The van der Waals surface area contributed by atoms with Gasteiger partial charge < -0.3 is 19.1 Å². The number of hydrogen-bond donors (Lipinski definition) is 0. The lowest BCUT2D eigenvalue weighted by Crippen LogP contribution is -2.66. The first-order chi connectivity index (χ1) is 12.1. The Bertz CT molecular complexity index is 790. The van der Waals surface area contributed by atoms with Crippen LogP contribution in [0, 0.1) is 5.92 Å². The summed E-state index contributed by atoms with van der Waals surface area (Å²) in [5.41, 5.74) is 2.01. The summed E-state index contributed by atoms with van der Waals surface area (Å²) in [5, 5.41) is 0. The number of rotatable bonds is 1. The molecule has 1 saturated heterocycles. The third kappa shape index (κ3) is 1.65. The van der Waals surface area contributed by atoms with Crippen LogP contribution in [0.15, 0.2) is 12.1 Å². The normalized spacial score (nSPS) is 34.2. The van der Waals surface area contributed by atoms with Crippen LogP contribution >= 0.6 is 0 Å². The largest absolute Gasteiger partial charge is 0.493 e. The number of ketones is 1. The van der Waals surface area contributed by atoms with Gasteiger partial charge in [0.1, 0.15) is 0 Å². The van der Waals surface area contributed by atoms with Gasteiger partial charge in [-0.25, -0.2) is 4.79 Å². The molecule has 1 aromatic carbocycles. The molecule has 1 spiro atoms. The Morgan fingerprint density at radius 2 is 2.20 bits per heavy atom. The molecule has 25 heavy (non-hydrogen) atoms. The molecule has 6 nitrogen and oxygen atoms in total. The summed E-state index contributed by atoms with van der Waals surface area (Å²) in [5.74, 6) is 1.84. The Balaban J connectivity index is 1.73. The maximum atomic E-state index is 12.7. The zero-order valence-electron chi connectivity index (χ0n) is 14.4. The highest BCUT2D eigenvalue weighted by Gasteiger charge is 2.66. The van der Waals surface area contributed by atoms with E-state index in [4.69, 9.17) is 14.2 Å². The molecular formula is C19H21NO5.